The van der Waals surface area contributed by atoms with E-state index in [0.717, 1.165) is 0 Å². The molecule has 0 aliphatic carbocycles. The molecule has 1 aromatic heterocycles. The molecule has 6 nitrogen and oxygen atoms in total. The van der Waals surface area contributed by atoms with Gasteiger partial charge in [-0.1, -0.05) is 0 Å². The summed E-state index contributed by atoms with van der Waals surface area (Å²) in [5.74, 6) is -1.18. The van der Waals surface area contributed by atoms with Crippen molar-refractivity contribution >= 4 is 17.6 Å². The lowest BCUT2D eigenvalue weighted by atomic mass is 10.3. The number of hydrogen-bond acceptors (Lipinski definition) is 4. The van der Waals surface area contributed by atoms with E-state index in [4.69, 9.17) is 5.11 Å². The van der Waals surface area contributed by atoms with Crippen molar-refractivity contribution in [1.29, 1.82) is 0 Å². The van der Waals surface area contributed by atoms with Crippen LogP contribution in [0.25, 0.3) is 0 Å². The molecule has 1 rings (SSSR count). The van der Waals surface area contributed by atoms with E-state index in [1.165, 1.54) is 30.5 Å². The number of carboxylic acid groups (broad SMARTS) is 1. The summed E-state index contributed by atoms with van der Waals surface area (Å²) in [5.41, 5.74) is 0.506. The van der Waals surface area contributed by atoms with Crippen LogP contribution in [0.5, 0.6) is 0 Å². The molecule has 1 aromatic rings. The third kappa shape index (κ3) is 3.34. The number of nitrogens with zero attached hydrogens (tertiary/aromatic N) is 3. The van der Waals surface area contributed by atoms with Crippen LogP contribution in [0.1, 0.15) is 13.3 Å². The minimum atomic E-state index is -0.946. The van der Waals surface area contributed by atoms with E-state index >= 15 is 0 Å². The number of carbonyl (C=O) groups is 2. The van der Waals surface area contributed by atoms with Gasteiger partial charge in [-0.3, -0.25) is 9.59 Å². The van der Waals surface area contributed by atoms with Gasteiger partial charge in [-0.15, -0.1) is 0 Å². The van der Waals surface area contributed by atoms with Crippen molar-refractivity contribution in [3.05, 3.63) is 18.7 Å². The van der Waals surface area contributed by atoms with Crippen molar-refractivity contribution in [2.75, 3.05) is 11.4 Å². The van der Waals surface area contributed by atoms with Gasteiger partial charge in [0.15, 0.2) is 0 Å². The zero-order chi connectivity index (χ0) is 11.3. The van der Waals surface area contributed by atoms with Crippen LogP contribution in [0.15, 0.2) is 18.7 Å². The quantitative estimate of drug-likeness (QED) is 0.771. The van der Waals surface area contributed by atoms with Crippen LogP contribution in [-0.4, -0.2) is 33.5 Å². The second-order valence-electron chi connectivity index (χ2n) is 2.91. The van der Waals surface area contributed by atoms with Gasteiger partial charge in [-0.2, -0.15) is 0 Å². The first-order chi connectivity index (χ1) is 7.11. The predicted octanol–water partition coefficient (Wildman–Crippen LogP) is 0.304. The lowest BCUT2D eigenvalue weighted by molar-refractivity contribution is -0.136. The number of anilines is 1. The van der Waals surface area contributed by atoms with Crippen LogP contribution in [0.4, 0.5) is 5.69 Å². The highest BCUT2D eigenvalue weighted by Gasteiger charge is 2.12. The molecule has 1 N–H and O–H groups in total. The Morgan fingerprint density at radius 3 is 2.47 bits per heavy atom. The summed E-state index contributed by atoms with van der Waals surface area (Å²) in [4.78, 5) is 30.5. The second kappa shape index (κ2) is 5.04. The van der Waals surface area contributed by atoms with Crippen molar-refractivity contribution in [2.24, 2.45) is 0 Å². The Labute approximate surface area is 86.6 Å². The molecule has 0 unspecified atom stereocenters. The van der Waals surface area contributed by atoms with Gasteiger partial charge in [0.05, 0.1) is 24.5 Å². The van der Waals surface area contributed by atoms with Gasteiger partial charge in [0.1, 0.15) is 6.33 Å². The number of carboxylic acids is 1. The molecule has 0 aliphatic heterocycles. The molecule has 0 aromatic carbocycles. The molecule has 80 valence electrons. The fourth-order valence-corrected chi connectivity index (χ4v) is 1.11. The third-order valence-electron chi connectivity index (χ3n) is 1.79. The summed E-state index contributed by atoms with van der Waals surface area (Å²) in [6.07, 6.45) is 4.18. The van der Waals surface area contributed by atoms with Gasteiger partial charge < -0.3 is 10.0 Å². The molecular formula is C9H11N3O3. The van der Waals surface area contributed by atoms with Crippen LogP contribution in [0.2, 0.25) is 0 Å². The lowest BCUT2D eigenvalue weighted by Gasteiger charge is -2.18. The van der Waals surface area contributed by atoms with Gasteiger partial charge in [0.2, 0.25) is 5.91 Å². The molecule has 0 radical (unpaired) electrons. The molecule has 0 spiro atoms. The summed E-state index contributed by atoms with van der Waals surface area (Å²) in [6.45, 7) is 1.49. The van der Waals surface area contributed by atoms with E-state index < -0.39 is 5.97 Å². The maximum Gasteiger partial charge on any atom is 0.305 e. The molecule has 0 atom stereocenters. The molecule has 1 heterocycles. The van der Waals surface area contributed by atoms with Crippen molar-refractivity contribution < 1.29 is 14.7 Å². The maximum atomic E-state index is 11.2. The van der Waals surface area contributed by atoms with E-state index in [0.29, 0.717) is 5.69 Å². The van der Waals surface area contributed by atoms with E-state index in [1.807, 2.05) is 0 Å². The molecular weight excluding hydrogens is 198 g/mol. The highest BCUT2D eigenvalue weighted by atomic mass is 16.4. The average Bonchev–Trinajstić information content (AvgIpc) is 2.18. The van der Waals surface area contributed by atoms with E-state index in [9.17, 15) is 9.59 Å². The molecule has 0 aliphatic rings. The smallest absolute Gasteiger partial charge is 0.305 e. The Bertz CT molecular complexity index is 353. The normalized spacial score (nSPS) is 9.67. The predicted molar refractivity (Wildman–Crippen MR) is 52.3 cm³/mol. The molecule has 0 bridgehead atoms. The second-order valence-corrected chi connectivity index (χ2v) is 2.91. The van der Waals surface area contributed by atoms with Gasteiger partial charge in [-0.05, 0) is 0 Å². The molecule has 15 heavy (non-hydrogen) atoms. The molecule has 6 heteroatoms. The number of rotatable bonds is 4. The fourth-order valence-electron chi connectivity index (χ4n) is 1.11. The Hall–Kier alpha value is -1.98. The largest absolute Gasteiger partial charge is 0.481 e. The Morgan fingerprint density at radius 2 is 2.00 bits per heavy atom. The number of carbonyl (C=O) groups excluding carboxylic acids is 1. The molecule has 0 saturated carbocycles. The van der Waals surface area contributed by atoms with Crippen molar-refractivity contribution in [3.8, 4) is 0 Å². The number of hydrogen-bond donors (Lipinski definition) is 1. The van der Waals surface area contributed by atoms with Gasteiger partial charge in [0, 0.05) is 13.5 Å². The van der Waals surface area contributed by atoms with Crippen LogP contribution >= 0.6 is 0 Å². The summed E-state index contributed by atoms with van der Waals surface area (Å²) >= 11 is 0. The highest BCUT2D eigenvalue weighted by Crippen LogP contribution is 2.10. The van der Waals surface area contributed by atoms with Crippen LogP contribution < -0.4 is 4.90 Å². The van der Waals surface area contributed by atoms with Crippen LogP contribution in [0.3, 0.4) is 0 Å². The number of amides is 1. The molecule has 1 amide bonds. The topological polar surface area (TPSA) is 83.4 Å². The minimum Gasteiger partial charge on any atom is -0.481 e. The van der Waals surface area contributed by atoms with E-state index in [2.05, 4.69) is 9.97 Å². The Morgan fingerprint density at radius 1 is 1.40 bits per heavy atom. The summed E-state index contributed by atoms with van der Waals surface area (Å²) in [5, 5.41) is 8.52. The standard InChI is InChI=1S/C9H11N3O3/c1-7(13)12(3-2-9(14)15)8-4-10-6-11-5-8/h4-6H,2-3H2,1H3,(H,14,15). The first kappa shape index (κ1) is 11.1. The van der Waals surface area contributed by atoms with Gasteiger partial charge in [-0.25, -0.2) is 9.97 Å². The number of aromatic nitrogens is 2. The SMILES string of the molecule is CC(=O)N(CCC(=O)O)c1cncnc1. The average molecular weight is 209 g/mol. The van der Waals surface area contributed by atoms with E-state index in [1.54, 1.807) is 0 Å². The van der Waals surface area contributed by atoms with Gasteiger partial charge in [0.25, 0.3) is 0 Å². The molecule has 0 saturated heterocycles. The first-order valence-corrected chi connectivity index (χ1v) is 4.36. The van der Waals surface area contributed by atoms with Crippen molar-refractivity contribution in [3.63, 3.8) is 0 Å². The van der Waals surface area contributed by atoms with Crippen molar-refractivity contribution in [2.45, 2.75) is 13.3 Å². The summed E-state index contributed by atoms with van der Waals surface area (Å²) < 4.78 is 0. The zero-order valence-electron chi connectivity index (χ0n) is 8.25. The Kier molecular flexibility index (Phi) is 3.73. The summed E-state index contributed by atoms with van der Waals surface area (Å²) in [7, 11) is 0. The van der Waals surface area contributed by atoms with Crippen molar-refractivity contribution in [1.82, 2.24) is 9.97 Å². The number of aliphatic carboxylic acids is 1. The first-order valence-electron chi connectivity index (χ1n) is 4.36. The third-order valence-corrected chi connectivity index (χ3v) is 1.79. The zero-order valence-corrected chi connectivity index (χ0v) is 8.25. The summed E-state index contributed by atoms with van der Waals surface area (Å²) in [6, 6.07) is 0. The van der Waals surface area contributed by atoms with Crippen LogP contribution in [-0.2, 0) is 9.59 Å². The monoisotopic (exact) mass is 209 g/mol. The molecule has 0 fully saturated rings. The minimum absolute atomic E-state index is 0.103. The van der Waals surface area contributed by atoms with Gasteiger partial charge >= 0.3 is 5.97 Å². The Balaban J connectivity index is 2.75. The van der Waals surface area contributed by atoms with Crippen LogP contribution in [0, 0.1) is 0 Å². The maximum absolute atomic E-state index is 11.2. The van der Waals surface area contributed by atoms with E-state index in [-0.39, 0.29) is 18.9 Å². The lowest BCUT2D eigenvalue weighted by Crippen LogP contribution is -2.30. The fraction of sp³-hybridized carbons (Fsp3) is 0.333. The highest BCUT2D eigenvalue weighted by molar-refractivity contribution is 5.91.